The van der Waals surface area contributed by atoms with Gasteiger partial charge in [0.2, 0.25) is 0 Å². The first-order valence-electron chi connectivity index (χ1n) is 7.64. The summed E-state index contributed by atoms with van der Waals surface area (Å²) >= 11 is 0. The number of rotatable bonds is 7. The zero-order chi connectivity index (χ0) is 15.2. The van der Waals surface area contributed by atoms with E-state index in [4.69, 9.17) is 0 Å². The van der Waals surface area contributed by atoms with Crippen LogP contribution in [0.1, 0.15) is 59.3 Å². The molecule has 0 aromatic rings. The van der Waals surface area contributed by atoms with Crippen LogP contribution in [0.5, 0.6) is 0 Å². The van der Waals surface area contributed by atoms with Gasteiger partial charge in [-0.3, -0.25) is 4.79 Å². The van der Waals surface area contributed by atoms with Gasteiger partial charge in [-0.15, -0.1) is 0 Å². The van der Waals surface area contributed by atoms with Gasteiger partial charge < -0.3 is 15.7 Å². The largest absolute Gasteiger partial charge is 0.481 e. The Morgan fingerprint density at radius 2 is 2.05 bits per heavy atom. The molecule has 20 heavy (non-hydrogen) atoms. The Bertz CT molecular complexity index is 344. The second-order valence-corrected chi connectivity index (χ2v) is 6.46. The molecule has 2 atom stereocenters. The lowest BCUT2D eigenvalue weighted by Crippen LogP contribution is -2.50. The summed E-state index contributed by atoms with van der Waals surface area (Å²) in [7, 11) is 0. The highest BCUT2D eigenvalue weighted by molar-refractivity contribution is 5.79. The second kappa shape index (κ2) is 7.50. The summed E-state index contributed by atoms with van der Waals surface area (Å²) in [5, 5.41) is 14.9. The van der Waals surface area contributed by atoms with E-state index >= 15 is 0 Å². The number of hydrogen-bond donors (Lipinski definition) is 3. The van der Waals surface area contributed by atoms with Crippen molar-refractivity contribution in [3.8, 4) is 0 Å². The van der Waals surface area contributed by atoms with Crippen molar-refractivity contribution in [3.63, 3.8) is 0 Å². The third-order valence-electron chi connectivity index (χ3n) is 4.25. The number of nitrogens with one attached hydrogen (secondary N) is 2. The van der Waals surface area contributed by atoms with Crippen LogP contribution in [0, 0.1) is 11.3 Å². The average Bonchev–Trinajstić information content (AvgIpc) is 2.71. The Balaban J connectivity index is 2.27. The predicted octanol–water partition coefficient (Wildman–Crippen LogP) is 2.76. The standard InChI is InChI=1S/C15H28N2O3/c1-11(2)7-4-5-10-16-14(20)17-12-8-6-9-15(12,3)13(18)19/h11-12H,4-10H2,1-3H3,(H,18,19)(H2,16,17,20). The summed E-state index contributed by atoms with van der Waals surface area (Å²) in [5.74, 6) is -0.129. The van der Waals surface area contributed by atoms with E-state index in [1.807, 2.05) is 0 Å². The molecule has 0 spiro atoms. The minimum absolute atomic E-state index is 0.242. The van der Waals surface area contributed by atoms with Crippen LogP contribution >= 0.6 is 0 Å². The zero-order valence-electron chi connectivity index (χ0n) is 12.9. The summed E-state index contributed by atoms with van der Waals surface area (Å²) in [4.78, 5) is 23.1. The summed E-state index contributed by atoms with van der Waals surface area (Å²) in [6.07, 6.45) is 5.46. The molecule has 0 bridgehead atoms. The molecule has 1 saturated carbocycles. The second-order valence-electron chi connectivity index (χ2n) is 6.46. The van der Waals surface area contributed by atoms with Crippen LogP contribution in [0.25, 0.3) is 0 Å². The Labute approximate surface area is 121 Å². The number of hydrogen-bond acceptors (Lipinski definition) is 2. The maximum absolute atomic E-state index is 11.8. The molecule has 5 heteroatoms. The minimum atomic E-state index is -0.824. The molecular weight excluding hydrogens is 256 g/mol. The van der Waals surface area contributed by atoms with E-state index in [0.717, 1.165) is 25.7 Å². The number of aliphatic carboxylic acids is 1. The van der Waals surface area contributed by atoms with E-state index in [1.54, 1.807) is 6.92 Å². The number of unbranched alkanes of at least 4 members (excludes halogenated alkanes) is 1. The molecule has 0 saturated heterocycles. The van der Waals surface area contributed by atoms with Gasteiger partial charge in [-0.05, 0) is 32.1 Å². The third kappa shape index (κ3) is 4.69. The van der Waals surface area contributed by atoms with Crippen LogP contribution < -0.4 is 10.6 Å². The lowest BCUT2D eigenvalue weighted by atomic mass is 9.85. The Hall–Kier alpha value is -1.26. The molecule has 0 radical (unpaired) electrons. The number of carbonyl (C=O) groups excluding carboxylic acids is 1. The number of carboxylic acid groups (broad SMARTS) is 1. The van der Waals surface area contributed by atoms with E-state index in [9.17, 15) is 14.7 Å². The van der Waals surface area contributed by atoms with Gasteiger partial charge >= 0.3 is 12.0 Å². The first-order valence-corrected chi connectivity index (χ1v) is 7.64. The van der Waals surface area contributed by atoms with Crippen molar-refractivity contribution < 1.29 is 14.7 Å². The molecule has 1 aliphatic carbocycles. The Morgan fingerprint density at radius 1 is 1.35 bits per heavy atom. The fourth-order valence-corrected chi connectivity index (χ4v) is 2.74. The topological polar surface area (TPSA) is 78.4 Å². The number of carboxylic acids is 1. The normalized spacial score (nSPS) is 25.7. The third-order valence-corrected chi connectivity index (χ3v) is 4.25. The van der Waals surface area contributed by atoms with Crippen molar-refractivity contribution >= 4 is 12.0 Å². The molecule has 1 rings (SSSR count). The van der Waals surface area contributed by atoms with Crippen molar-refractivity contribution in [3.05, 3.63) is 0 Å². The lowest BCUT2D eigenvalue weighted by molar-refractivity contribution is -0.148. The van der Waals surface area contributed by atoms with Crippen molar-refractivity contribution in [2.75, 3.05) is 6.54 Å². The van der Waals surface area contributed by atoms with Gasteiger partial charge in [0.1, 0.15) is 0 Å². The van der Waals surface area contributed by atoms with Crippen molar-refractivity contribution in [1.29, 1.82) is 0 Å². The fraction of sp³-hybridized carbons (Fsp3) is 0.867. The van der Waals surface area contributed by atoms with Crippen LogP contribution in [-0.2, 0) is 4.79 Å². The van der Waals surface area contributed by atoms with Gasteiger partial charge in [-0.2, -0.15) is 0 Å². The fourth-order valence-electron chi connectivity index (χ4n) is 2.74. The van der Waals surface area contributed by atoms with E-state index in [2.05, 4.69) is 24.5 Å². The molecule has 5 nitrogen and oxygen atoms in total. The van der Waals surface area contributed by atoms with Crippen LogP contribution in [0.15, 0.2) is 0 Å². The molecule has 116 valence electrons. The van der Waals surface area contributed by atoms with Crippen LogP contribution in [0.4, 0.5) is 4.79 Å². The zero-order valence-corrected chi connectivity index (χ0v) is 12.9. The summed E-state index contributed by atoms with van der Waals surface area (Å²) in [6.45, 7) is 6.74. The summed E-state index contributed by atoms with van der Waals surface area (Å²) in [6, 6.07) is -0.510. The number of carbonyl (C=O) groups is 2. The number of amides is 2. The highest BCUT2D eigenvalue weighted by atomic mass is 16.4. The molecule has 0 aromatic carbocycles. The average molecular weight is 284 g/mol. The molecule has 2 unspecified atom stereocenters. The highest BCUT2D eigenvalue weighted by Crippen LogP contribution is 2.38. The minimum Gasteiger partial charge on any atom is -0.481 e. The quantitative estimate of drug-likeness (QED) is 0.629. The van der Waals surface area contributed by atoms with Gasteiger partial charge in [-0.1, -0.05) is 33.1 Å². The monoisotopic (exact) mass is 284 g/mol. The first kappa shape index (κ1) is 16.8. The summed E-state index contributed by atoms with van der Waals surface area (Å²) in [5.41, 5.74) is -0.824. The van der Waals surface area contributed by atoms with Crippen LogP contribution in [0.3, 0.4) is 0 Å². The van der Waals surface area contributed by atoms with Crippen LogP contribution in [-0.4, -0.2) is 29.7 Å². The molecule has 0 aliphatic heterocycles. The number of urea groups is 1. The van der Waals surface area contributed by atoms with Gasteiger partial charge in [0.05, 0.1) is 5.41 Å². The van der Waals surface area contributed by atoms with Gasteiger partial charge in [0, 0.05) is 12.6 Å². The van der Waals surface area contributed by atoms with Gasteiger partial charge in [-0.25, -0.2) is 4.79 Å². The van der Waals surface area contributed by atoms with E-state index in [1.165, 1.54) is 6.42 Å². The maximum Gasteiger partial charge on any atom is 0.315 e. The highest BCUT2D eigenvalue weighted by Gasteiger charge is 2.45. The molecule has 0 heterocycles. The predicted molar refractivity (Wildman–Crippen MR) is 78.6 cm³/mol. The van der Waals surface area contributed by atoms with Crippen molar-refractivity contribution in [2.24, 2.45) is 11.3 Å². The molecule has 1 fully saturated rings. The lowest BCUT2D eigenvalue weighted by Gasteiger charge is -2.27. The molecule has 2 amide bonds. The molecule has 1 aliphatic rings. The van der Waals surface area contributed by atoms with Crippen LogP contribution in [0.2, 0.25) is 0 Å². The van der Waals surface area contributed by atoms with Crippen molar-refractivity contribution in [1.82, 2.24) is 10.6 Å². The molecule has 3 N–H and O–H groups in total. The Morgan fingerprint density at radius 3 is 2.65 bits per heavy atom. The van der Waals surface area contributed by atoms with E-state index < -0.39 is 11.4 Å². The Kier molecular flexibility index (Phi) is 6.30. The SMILES string of the molecule is CC(C)CCCCNC(=O)NC1CCCC1(C)C(=O)O. The maximum atomic E-state index is 11.8. The summed E-state index contributed by atoms with van der Waals surface area (Å²) < 4.78 is 0. The van der Waals surface area contributed by atoms with E-state index in [0.29, 0.717) is 18.9 Å². The van der Waals surface area contributed by atoms with Gasteiger partial charge in [0.15, 0.2) is 0 Å². The first-order chi connectivity index (χ1) is 9.36. The van der Waals surface area contributed by atoms with E-state index in [-0.39, 0.29) is 12.1 Å². The smallest absolute Gasteiger partial charge is 0.315 e. The van der Waals surface area contributed by atoms with Gasteiger partial charge in [0.25, 0.3) is 0 Å². The molecular formula is C15H28N2O3. The molecule has 0 aromatic heterocycles. The van der Waals surface area contributed by atoms with Crippen molar-refractivity contribution in [2.45, 2.75) is 65.3 Å².